The van der Waals surface area contributed by atoms with E-state index < -0.39 is 23.3 Å². The van der Waals surface area contributed by atoms with E-state index in [4.69, 9.17) is 4.42 Å². The predicted molar refractivity (Wildman–Crippen MR) is 132 cm³/mol. The standard InChI is InChI=1S/C26H28N2O5S/c29-26(30)23(11-5-1-7-17-16-27-22-10-4-2-8-19(17)22)28(34(31)32)18-13-14-21-20-9-3-6-12-24(20)33-25(21)15-18/h2,4,8,10,13-16,23,27H,1,3,5-7,9,11-12H2,(H,29,30)(H,31,32)/p-1. The fraction of sp³-hybridized carbons (Fsp3) is 0.346. The first-order chi connectivity index (χ1) is 16.5. The van der Waals surface area contributed by atoms with E-state index in [0.717, 1.165) is 64.9 Å². The molecule has 2 unspecified atom stereocenters. The molecule has 2 heterocycles. The number of carboxylic acids is 1. The molecule has 4 aromatic rings. The molecule has 0 spiro atoms. The fourth-order valence-corrected chi connectivity index (χ4v) is 5.78. The number of aryl methyl sites for hydroxylation is 3. The molecule has 2 atom stereocenters. The maximum atomic E-state index is 12.2. The largest absolute Gasteiger partial charge is 0.755 e. The topological polar surface area (TPSA) is 110 Å². The van der Waals surface area contributed by atoms with Crippen LogP contribution < -0.4 is 4.31 Å². The Bertz CT molecular complexity index is 1360. The van der Waals surface area contributed by atoms with Crippen molar-refractivity contribution >= 4 is 44.8 Å². The molecule has 0 saturated heterocycles. The number of carboxylic acid groups (broad SMARTS) is 1. The molecule has 0 saturated carbocycles. The first-order valence-corrected chi connectivity index (χ1v) is 12.8. The maximum absolute atomic E-state index is 12.2. The summed E-state index contributed by atoms with van der Waals surface area (Å²) in [6, 6.07) is 12.1. The Morgan fingerprint density at radius 1 is 1.15 bits per heavy atom. The van der Waals surface area contributed by atoms with E-state index in [1.54, 1.807) is 12.1 Å². The molecular weight excluding hydrogens is 452 g/mol. The van der Waals surface area contributed by atoms with E-state index in [0.29, 0.717) is 17.7 Å². The van der Waals surface area contributed by atoms with Crippen LogP contribution in [-0.2, 0) is 35.3 Å². The highest BCUT2D eigenvalue weighted by atomic mass is 32.2. The SMILES string of the molecule is O=C(O)C(CCCCc1c[nH]c2ccccc12)N(c1ccc2c3c(oc2c1)CCCC3)S(=O)[O-]. The van der Waals surface area contributed by atoms with Gasteiger partial charge in [0.1, 0.15) is 17.4 Å². The van der Waals surface area contributed by atoms with Gasteiger partial charge in [0.25, 0.3) is 0 Å². The van der Waals surface area contributed by atoms with E-state index in [2.05, 4.69) is 11.1 Å². The molecule has 7 nitrogen and oxygen atoms in total. The van der Waals surface area contributed by atoms with Gasteiger partial charge in [-0.2, -0.15) is 0 Å². The molecule has 5 rings (SSSR count). The van der Waals surface area contributed by atoms with Gasteiger partial charge < -0.3 is 19.1 Å². The van der Waals surface area contributed by atoms with Gasteiger partial charge in [-0.3, -0.25) is 8.51 Å². The van der Waals surface area contributed by atoms with Crippen LogP contribution in [0.15, 0.2) is 53.1 Å². The van der Waals surface area contributed by atoms with Crippen LogP contribution in [0.5, 0.6) is 0 Å². The number of aliphatic carboxylic acids is 1. The molecular formula is C26H27N2O5S-. The quantitative estimate of drug-likeness (QED) is 0.251. The van der Waals surface area contributed by atoms with Gasteiger partial charge in [-0.05, 0) is 62.3 Å². The Hall–Kier alpha value is -3.10. The number of aromatic nitrogens is 1. The Balaban J connectivity index is 1.32. The molecule has 0 bridgehead atoms. The number of fused-ring (bicyclic) bond motifs is 4. The third kappa shape index (κ3) is 4.35. The number of nitrogens with one attached hydrogen (secondary N) is 1. The van der Waals surface area contributed by atoms with Crippen LogP contribution >= 0.6 is 0 Å². The minimum absolute atomic E-state index is 0.221. The molecule has 0 fully saturated rings. The van der Waals surface area contributed by atoms with Crippen LogP contribution in [0.25, 0.3) is 21.9 Å². The van der Waals surface area contributed by atoms with Crippen LogP contribution in [0.2, 0.25) is 0 Å². The molecule has 1 aliphatic carbocycles. The van der Waals surface area contributed by atoms with Gasteiger partial charge in [0.15, 0.2) is 0 Å². The number of aromatic amines is 1. The van der Waals surface area contributed by atoms with Crippen molar-refractivity contribution in [3.8, 4) is 0 Å². The number of hydrogen-bond acceptors (Lipinski definition) is 4. The van der Waals surface area contributed by atoms with Crippen LogP contribution in [-0.4, -0.2) is 30.9 Å². The summed E-state index contributed by atoms with van der Waals surface area (Å²) in [6.07, 6.45) is 8.36. The summed E-state index contributed by atoms with van der Waals surface area (Å²) >= 11 is -2.74. The number of rotatable bonds is 9. The molecule has 1 aliphatic rings. The normalized spacial score (nSPS) is 15.3. The van der Waals surface area contributed by atoms with Gasteiger partial charge in [-0.15, -0.1) is 0 Å². The minimum atomic E-state index is -2.74. The van der Waals surface area contributed by atoms with E-state index in [-0.39, 0.29) is 6.42 Å². The Labute approximate surface area is 200 Å². The number of para-hydroxylation sites is 1. The first-order valence-electron chi connectivity index (χ1n) is 11.7. The van der Waals surface area contributed by atoms with Crippen molar-refractivity contribution < 1.29 is 23.1 Å². The Kier molecular flexibility index (Phi) is 6.43. The van der Waals surface area contributed by atoms with Crippen molar-refractivity contribution in [2.75, 3.05) is 4.31 Å². The van der Waals surface area contributed by atoms with Crippen molar-refractivity contribution in [1.82, 2.24) is 4.98 Å². The molecule has 8 heteroatoms. The highest BCUT2D eigenvalue weighted by Gasteiger charge is 2.28. The van der Waals surface area contributed by atoms with E-state index >= 15 is 0 Å². The summed E-state index contributed by atoms with van der Waals surface area (Å²) in [7, 11) is 0. The zero-order valence-corrected chi connectivity index (χ0v) is 19.6. The van der Waals surface area contributed by atoms with Gasteiger partial charge in [0, 0.05) is 51.8 Å². The summed E-state index contributed by atoms with van der Waals surface area (Å²) in [5.74, 6) is -0.199. The molecule has 2 N–H and O–H groups in total. The zero-order valence-electron chi connectivity index (χ0n) is 18.8. The first kappa shape index (κ1) is 22.7. The van der Waals surface area contributed by atoms with Crippen molar-refractivity contribution in [2.24, 2.45) is 0 Å². The summed E-state index contributed by atoms with van der Waals surface area (Å²) in [4.78, 5) is 15.3. The van der Waals surface area contributed by atoms with E-state index in [1.807, 2.05) is 30.5 Å². The van der Waals surface area contributed by atoms with Crippen LogP contribution in [0.1, 0.15) is 49.0 Å². The second-order valence-electron chi connectivity index (χ2n) is 8.89. The third-order valence-electron chi connectivity index (χ3n) is 6.77. The second-order valence-corrected chi connectivity index (χ2v) is 9.72. The maximum Gasteiger partial charge on any atom is 0.327 e. The molecule has 0 amide bonds. The van der Waals surface area contributed by atoms with Crippen LogP contribution in [0, 0.1) is 0 Å². The number of furan rings is 1. The van der Waals surface area contributed by atoms with Gasteiger partial charge in [-0.25, -0.2) is 4.79 Å². The average Bonchev–Trinajstić information content (AvgIpc) is 3.41. The van der Waals surface area contributed by atoms with Crippen LogP contribution in [0.3, 0.4) is 0 Å². The molecule has 0 radical (unpaired) electrons. The Morgan fingerprint density at radius 2 is 1.97 bits per heavy atom. The second kappa shape index (κ2) is 9.64. The van der Waals surface area contributed by atoms with Gasteiger partial charge in [0.2, 0.25) is 0 Å². The highest BCUT2D eigenvalue weighted by Crippen LogP contribution is 2.35. The summed E-state index contributed by atoms with van der Waals surface area (Å²) < 4.78 is 31.3. The minimum Gasteiger partial charge on any atom is -0.755 e. The van der Waals surface area contributed by atoms with Crippen molar-refractivity contribution in [3.63, 3.8) is 0 Å². The number of anilines is 1. The molecule has 2 aromatic carbocycles. The number of hydrogen-bond donors (Lipinski definition) is 2. The summed E-state index contributed by atoms with van der Waals surface area (Å²) in [5.41, 5.74) is 4.37. The third-order valence-corrected chi connectivity index (χ3v) is 7.56. The summed E-state index contributed by atoms with van der Waals surface area (Å²) in [5, 5.41) is 12.0. The fourth-order valence-electron chi connectivity index (χ4n) is 5.09. The van der Waals surface area contributed by atoms with Crippen molar-refractivity contribution in [3.05, 3.63) is 65.5 Å². The number of carbonyl (C=O) groups is 1. The molecule has 0 aliphatic heterocycles. The number of benzene rings is 2. The van der Waals surface area contributed by atoms with Gasteiger partial charge >= 0.3 is 5.97 Å². The highest BCUT2D eigenvalue weighted by molar-refractivity contribution is 7.80. The lowest BCUT2D eigenvalue weighted by Gasteiger charge is -2.32. The van der Waals surface area contributed by atoms with Crippen LogP contribution in [0.4, 0.5) is 5.69 Å². The van der Waals surface area contributed by atoms with Crippen molar-refractivity contribution in [2.45, 2.75) is 57.4 Å². The summed E-state index contributed by atoms with van der Waals surface area (Å²) in [6.45, 7) is 0. The Morgan fingerprint density at radius 3 is 2.79 bits per heavy atom. The van der Waals surface area contributed by atoms with E-state index in [1.165, 1.54) is 11.1 Å². The number of nitrogens with zero attached hydrogens (tertiary/aromatic N) is 1. The average molecular weight is 480 g/mol. The number of unbranched alkanes of at least 4 members (excludes halogenated alkanes) is 1. The zero-order chi connectivity index (χ0) is 23.7. The predicted octanol–water partition coefficient (Wildman–Crippen LogP) is 5.26. The lowest BCUT2D eigenvalue weighted by molar-refractivity contribution is -0.138. The monoisotopic (exact) mass is 479 g/mol. The van der Waals surface area contributed by atoms with E-state index in [9.17, 15) is 18.7 Å². The van der Waals surface area contributed by atoms with Gasteiger partial charge in [0.05, 0.1) is 5.69 Å². The lowest BCUT2D eigenvalue weighted by Crippen LogP contribution is -2.42. The molecule has 2 aromatic heterocycles. The lowest BCUT2D eigenvalue weighted by atomic mass is 9.96. The van der Waals surface area contributed by atoms with Gasteiger partial charge in [-0.1, -0.05) is 24.6 Å². The molecule has 34 heavy (non-hydrogen) atoms. The van der Waals surface area contributed by atoms with Crippen molar-refractivity contribution in [1.29, 1.82) is 0 Å². The molecule has 178 valence electrons. The smallest absolute Gasteiger partial charge is 0.327 e. The number of H-pyrrole nitrogens is 1.